The fraction of sp³-hybridized carbons (Fsp3) is 0.310. The summed E-state index contributed by atoms with van der Waals surface area (Å²) in [6.45, 7) is 3.18. The van der Waals surface area contributed by atoms with Crippen molar-refractivity contribution in [2.75, 3.05) is 57.3 Å². The first-order valence-corrected chi connectivity index (χ1v) is 12.7. The number of hydrogen-bond acceptors (Lipinski definition) is 9. The molecule has 0 saturated carbocycles. The van der Waals surface area contributed by atoms with E-state index in [0.717, 1.165) is 17.0 Å². The highest BCUT2D eigenvalue weighted by molar-refractivity contribution is 5.99. The highest BCUT2D eigenvalue weighted by Crippen LogP contribution is 2.25. The minimum absolute atomic E-state index is 0.130. The van der Waals surface area contributed by atoms with Gasteiger partial charge in [0.15, 0.2) is 0 Å². The lowest BCUT2D eigenvalue weighted by molar-refractivity contribution is -0.139. The topological polar surface area (TPSA) is 106 Å². The molecule has 1 aliphatic heterocycles. The lowest BCUT2D eigenvalue weighted by Gasteiger charge is -2.28. The number of carbonyl (C=O) groups is 2. The van der Waals surface area contributed by atoms with Crippen LogP contribution in [-0.2, 0) is 20.8 Å². The van der Waals surface area contributed by atoms with Gasteiger partial charge in [0.05, 0.1) is 33.9 Å². The van der Waals surface area contributed by atoms with Crippen LogP contribution in [0, 0.1) is 0 Å². The Morgan fingerprint density at radius 3 is 2.49 bits per heavy atom. The van der Waals surface area contributed by atoms with Gasteiger partial charge in [-0.25, -0.2) is 4.98 Å². The van der Waals surface area contributed by atoms with Gasteiger partial charge in [0.2, 0.25) is 5.95 Å². The number of rotatable bonds is 11. The number of hydrogen-bond donors (Lipinski definition) is 1. The predicted octanol–water partition coefficient (Wildman–Crippen LogP) is 3.83. The van der Waals surface area contributed by atoms with Crippen LogP contribution >= 0.6 is 0 Å². The highest BCUT2D eigenvalue weighted by Gasteiger charge is 2.23. The predicted molar refractivity (Wildman–Crippen MR) is 148 cm³/mol. The van der Waals surface area contributed by atoms with Gasteiger partial charge in [0.1, 0.15) is 17.1 Å². The number of ether oxygens (including phenoxy) is 3. The zero-order chi connectivity index (χ0) is 27.5. The summed E-state index contributed by atoms with van der Waals surface area (Å²) in [5, 5.41) is 3.30. The molecule has 0 spiro atoms. The van der Waals surface area contributed by atoms with Gasteiger partial charge in [0, 0.05) is 38.1 Å². The van der Waals surface area contributed by atoms with E-state index in [9.17, 15) is 9.59 Å². The monoisotopic (exact) mass is 531 g/mol. The smallest absolute Gasteiger partial charge is 0.309 e. The second-order valence-corrected chi connectivity index (χ2v) is 8.81. The maximum atomic E-state index is 14.0. The number of methoxy groups -OCH3 is 2. The average Bonchev–Trinajstić information content (AvgIpc) is 2.99. The van der Waals surface area contributed by atoms with E-state index in [-0.39, 0.29) is 24.8 Å². The van der Waals surface area contributed by atoms with Crippen LogP contribution < -0.4 is 15.0 Å². The molecule has 2 aromatic carbocycles. The molecule has 1 fully saturated rings. The van der Waals surface area contributed by atoms with Gasteiger partial charge < -0.3 is 29.3 Å². The molecule has 4 rings (SSSR count). The number of aromatic nitrogens is 2. The first-order valence-electron chi connectivity index (χ1n) is 12.7. The Bertz CT molecular complexity index is 1260. The fourth-order valence-electron chi connectivity index (χ4n) is 4.01. The van der Waals surface area contributed by atoms with Crippen molar-refractivity contribution >= 4 is 29.3 Å². The second kappa shape index (κ2) is 13.9. The summed E-state index contributed by atoms with van der Waals surface area (Å²) in [6.07, 6.45) is 5.19. The van der Waals surface area contributed by atoms with Gasteiger partial charge in [-0.3, -0.25) is 9.59 Å². The lowest BCUT2D eigenvalue weighted by Crippen LogP contribution is -2.37. The van der Waals surface area contributed by atoms with Crippen molar-refractivity contribution in [1.29, 1.82) is 0 Å². The molecule has 1 aromatic heterocycles. The minimum Gasteiger partial charge on any atom is -0.497 e. The van der Waals surface area contributed by atoms with Crippen LogP contribution in [0.2, 0.25) is 0 Å². The third-order valence-corrected chi connectivity index (χ3v) is 6.16. The Kier molecular flexibility index (Phi) is 9.85. The number of nitrogens with one attached hydrogen (secondary N) is 1. The van der Waals surface area contributed by atoms with Crippen LogP contribution in [0.4, 0.5) is 17.5 Å². The Morgan fingerprint density at radius 2 is 1.79 bits per heavy atom. The van der Waals surface area contributed by atoms with Gasteiger partial charge in [-0.2, -0.15) is 4.98 Å². The maximum absolute atomic E-state index is 14.0. The zero-order valence-electron chi connectivity index (χ0n) is 22.2. The number of anilines is 3. The lowest BCUT2D eigenvalue weighted by atomic mass is 10.1. The van der Waals surface area contributed by atoms with Gasteiger partial charge in [-0.05, 0) is 29.8 Å². The number of carbonyl (C=O) groups excluding carboxylic acids is 2. The zero-order valence-corrected chi connectivity index (χ0v) is 22.2. The quantitative estimate of drug-likeness (QED) is 0.292. The Morgan fingerprint density at radius 1 is 1.05 bits per heavy atom. The van der Waals surface area contributed by atoms with E-state index in [1.54, 1.807) is 30.4 Å². The van der Waals surface area contributed by atoms with E-state index in [2.05, 4.69) is 10.3 Å². The van der Waals surface area contributed by atoms with Crippen molar-refractivity contribution in [3.8, 4) is 5.75 Å². The van der Waals surface area contributed by atoms with Crippen molar-refractivity contribution in [1.82, 2.24) is 14.9 Å². The van der Waals surface area contributed by atoms with Crippen LogP contribution in [0.5, 0.6) is 5.75 Å². The van der Waals surface area contributed by atoms with Gasteiger partial charge in [-0.1, -0.05) is 42.5 Å². The van der Waals surface area contributed by atoms with Crippen LogP contribution in [0.1, 0.15) is 22.3 Å². The molecule has 0 atom stereocenters. The molecule has 0 unspecified atom stereocenters. The number of benzene rings is 2. The SMILES string of the molecule is COC(=O)C/C=C/CN(Cc1ccccc1)C(=O)c1cnc(N2CCOCC2)nc1Nc1ccc(OC)cc1. The van der Waals surface area contributed by atoms with Crippen LogP contribution in [-0.4, -0.2) is 73.8 Å². The molecule has 0 aliphatic carbocycles. The van der Waals surface area contributed by atoms with Crippen LogP contribution in [0.25, 0.3) is 0 Å². The Balaban J connectivity index is 1.65. The van der Waals surface area contributed by atoms with E-state index in [1.807, 2.05) is 59.5 Å². The van der Waals surface area contributed by atoms with Crippen molar-refractivity contribution in [2.45, 2.75) is 13.0 Å². The summed E-state index contributed by atoms with van der Waals surface area (Å²) in [4.78, 5) is 38.5. The summed E-state index contributed by atoms with van der Waals surface area (Å²) in [7, 11) is 2.96. The molecule has 3 aromatic rings. The molecular formula is C29H33N5O5. The summed E-state index contributed by atoms with van der Waals surface area (Å²) in [5.74, 6) is 1.06. The molecule has 10 nitrogen and oxygen atoms in total. The van der Waals surface area contributed by atoms with Gasteiger partial charge in [-0.15, -0.1) is 0 Å². The van der Waals surface area contributed by atoms with Gasteiger partial charge >= 0.3 is 5.97 Å². The molecule has 1 amide bonds. The molecule has 204 valence electrons. The highest BCUT2D eigenvalue weighted by atomic mass is 16.5. The van der Waals surface area contributed by atoms with E-state index >= 15 is 0 Å². The summed E-state index contributed by atoms with van der Waals surface area (Å²) < 4.78 is 15.4. The van der Waals surface area contributed by atoms with E-state index < -0.39 is 0 Å². The Hall–Kier alpha value is -4.44. The van der Waals surface area contributed by atoms with Crippen LogP contribution in [0.15, 0.2) is 72.9 Å². The normalized spacial score (nSPS) is 13.2. The molecule has 1 N–H and O–H groups in total. The molecule has 1 aliphatic rings. The Labute approximate surface area is 228 Å². The van der Waals surface area contributed by atoms with Crippen molar-refractivity contribution in [3.05, 3.63) is 84.1 Å². The van der Waals surface area contributed by atoms with E-state index in [4.69, 9.17) is 19.2 Å². The summed E-state index contributed by atoms with van der Waals surface area (Å²) >= 11 is 0. The summed E-state index contributed by atoms with van der Waals surface area (Å²) in [5.41, 5.74) is 2.06. The molecule has 39 heavy (non-hydrogen) atoms. The summed E-state index contributed by atoms with van der Waals surface area (Å²) in [6, 6.07) is 17.1. The molecule has 1 saturated heterocycles. The first kappa shape index (κ1) is 27.6. The minimum atomic E-state index is -0.342. The number of nitrogens with zero attached hydrogens (tertiary/aromatic N) is 4. The van der Waals surface area contributed by atoms with Crippen LogP contribution in [0.3, 0.4) is 0 Å². The number of esters is 1. The second-order valence-electron chi connectivity index (χ2n) is 8.81. The fourth-order valence-corrected chi connectivity index (χ4v) is 4.01. The number of amides is 1. The third-order valence-electron chi connectivity index (χ3n) is 6.16. The van der Waals surface area contributed by atoms with Crippen molar-refractivity contribution in [3.63, 3.8) is 0 Å². The van der Waals surface area contributed by atoms with Gasteiger partial charge in [0.25, 0.3) is 5.91 Å². The standard InChI is InChI=1S/C29H33N5O5/c1-37-24-13-11-23(12-14-24)31-27-25(20-30-29(32-27)33-16-18-39-19-17-33)28(36)34(15-7-6-10-26(35)38-2)21-22-8-4-3-5-9-22/h3-9,11-14,20H,10,15-19,21H2,1-2H3,(H,30,31,32)/b7-6+. The maximum Gasteiger partial charge on any atom is 0.309 e. The first-order chi connectivity index (χ1) is 19.1. The average molecular weight is 532 g/mol. The van der Waals surface area contributed by atoms with Crippen molar-refractivity contribution in [2.24, 2.45) is 0 Å². The largest absolute Gasteiger partial charge is 0.497 e. The molecular weight excluding hydrogens is 498 g/mol. The van der Waals surface area contributed by atoms with E-state index in [1.165, 1.54) is 7.11 Å². The molecule has 0 bridgehead atoms. The third kappa shape index (κ3) is 7.78. The molecule has 10 heteroatoms. The molecule has 0 radical (unpaired) electrons. The van der Waals surface area contributed by atoms with E-state index in [0.29, 0.717) is 50.2 Å². The molecule has 2 heterocycles. The van der Waals surface area contributed by atoms with Crippen molar-refractivity contribution < 1.29 is 23.8 Å². The number of morpholine rings is 1.